The second-order valence-corrected chi connectivity index (χ2v) is 15.7. The smallest absolute Gasteiger partial charge is 0.418 e. The van der Waals surface area contributed by atoms with Gasteiger partial charge in [0.2, 0.25) is 0 Å². The van der Waals surface area contributed by atoms with Gasteiger partial charge in [0.25, 0.3) is 17.9 Å². The van der Waals surface area contributed by atoms with Crippen molar-refractivity contribution < 1.29 is 46.3 Å². The molecule has 3 saturated heterocycles. The molecule has 0 aromatic heterocycles. The summed E-state index contributed by atoms with van der Waals surface area (Å²) >= 11 is 1.13. The zero-order valence-electron chi connectivity index (χ0n) is 28.6. The molecule has 52 heavy (non-hydrogen) atoms. The number of anilines is 1. The molecule has 18 nitrogen and oxygen atoms in total. The van der Waals surface area contributed by atoms with E-state index in [9.17, 15) is 27.9 Å². The summed E-state index contributed by atoms with van der Waals surface area (Å²) in [5.74, 6) is -1.97. The van der Waals surface area contributed by atoms with E-state index in [1.807, 2.05) is 18.2 Å². The quantitative estimate of drug-likeness (QED) is 0.0623. The number of carboxylic acids is 1. The van der Waals surface area contributed by atoms with Crippen LogP contribution < -0.4 is 26.4 Å². The zero-order chi connectivity index (χ0) is 37.2. The zero-order valence-corrected chi connectivity index (χ0v) is 30.2. The number of carbonyl (C=O) groups is 3. The van der Waals surface area contributed by atoms with Crippen molar-refractivity contribution in [3.05, 3.63) is 36.4 Å². The highest BCUT2D eigenvalue weighted by molar-refractivity contribution is 8.14. The number of β-lactam (4-membered cyclic amide) rings is 1. The number of carbonyl (C=O) groups excluding carboxylic acids is 2. The molecular formula is C32H42N8O10S2. The molecular weight excluding hydrogens is 721 g/mol. The average Bonchev–Trinajstić information content (AvgIpc) is 3.51. The Morgan fingerprint density at radius 3 is 2.50 bits per heavy atom. The van der Waals surface area contributed by atoms with Crippen molar-refractivity contribution in [2.24, 2.45) is 21.8 Å². The van der Waals surface area contributed by atoms with Gasteiger partial charge < -0.3 is 41.3 Å². The van der Waals surface area contributed by atoms with Gasteiger partial charge in [-0.15, -0.1) is 4.28 Å². The first-order valence-corrected chi connectivity index (χ1v) is 19.1. The lowest BCUT2D eigenvalue weighted by Gasteiger charge is -2.50. The summed E-state index contributed by atoms with van der Waals surface area (Å²) in [4.78, 5) is 50.0. The fourth-order valence-corrected chi connectivity index (χ4v) is 7.61. The average molecular weight is 763 g/mol. The van der Waals surface area contributed by atoms with Gasteiger partial charge in [-0.25, -0.2) is 4.79 Å². The Morgan fingerprint density at radius 1 is 1.17 bits per heavy atom. The van der Waals surface area contributed by atoms with Crippen LogP contribution in [0.3, 0.4) is 0 Å². The Labute approximate surface area is 304 Å². The Bertz CT molecular complexity index is 1860. The monoisotopic (exact) mass is 762 g/mol. The normalized spacial score (nSPS) is 23.4. The number of amides is 2. The number of aliphatic imine (C=N–C) groups is 1. The van der Waals surface area contributed by atoms with Crippen LogP contribution in [0.4, 0.5) is 5.69 Å². The van der Waals surface area contributed by atoms with E-state index in [0.717, 1.165) is 73.2 Å². The molecule has 0 radical (unpaired) electrons. The summed E-state index contributed by atoms with van der Waals surface area (Å²) < 4.78 is 41.4. The summed E-state index contributed by atoms with van der Waals surface area (Å²) in [7, 11) is -5.01. The van der Waals surface area contributed by atoms with E-state index >= 15 is 0 Å². The number of nitrogens with one attached hydrogen (secondary N) is 3. The third kappa shape index (κ3) is 8.87. The maximum absolute atomic E-state index is 13.3. The number of oxime groups is 1. The van der Waals surface area contributed by atoms with Crippen LogP contribution in [0, 0.1) is 5.92 Å². The molecule has 20 heteroatoms. The predicted molar refractivity (Wildman–Crippen MR) is 192 cm³/mol. The number of likely N-dealkylation sites (tertiary alicyclic amines) is 1. The Balaban J connectivity index is 1.06. The van der Waals surface area contributed by atoms with E-state index in [1.54, 1.807) is 12.1 Å². The van der Waals surface area contributed by atoms with E-state index in [-0.39, 0.29) is 16.6 Å². The lowest BCUT2D eigenvalue weighted by atomic mass is 9.84. The highest BCUT2D eigenvalue weighted by Gasteiger charge is 2.58. The molecule has 3 atom stereocenters. The minimum atomic E-state index is -5.01. The standard InChI is InChI=1S/C32H42N8O10S2/c1-32(2)27(29(42)40(32)50-52(45,46)47)37-28(41)26(24-17-51-31(33)36-24)38-49-25(30(43)44)16-48-23-6-4-19-11-22(5-3-20(19)12-23)35-21-7-9-39(10-8-21)15-18-13-34-14-18/h3-6,11-12,18,21,24-25,27,34-35H,7-10,13-17H2,1-2H3,(H2,33,36)(H,37,41)(H,43,44)(H,45,46,47)/b38-26-. The molecule has 0 bridgehead atoms. The number of rotatable bonds is 15. The van der Waals surface area contributed by atoms with Crippen molar-refractivity contribution in [2.75, 3.05) is 50.4 Å². The van der Waals surface area contributed by atoms with Gasteiger partial charge in [-0.2, -0.15) is 13.5 Å². The number of hydrogen-bond donors (Lipinski definition) is 6. The van der Waals surface area contributed by atoms with E-state index in [2.05, 4.69) is 41.3 Å². The molecule has 0 saturated carbocycles. The molecule has 4 aliphatic heterocycles. The van der Waals surface area contributed by atoms with Crippen LogP contribution in [0.2, 0.25) is 0 Å². The number of hydroxylamine groups is 2. The minimum absolute atomic E-state index is 0.161. The second kappa shape index (κ2) is 15.4. The van der Waals surface area contributed by atoms with E-state index in [1.165, 1.54) is 20.4 Å². The van der Waals surface area contributed by atoms with Gasteiger partial charge in [-0.1, -0.05) is 29.1 Å². The fraction of sp³-hybridized carbons (Fsp3) is 0.531. The molecule has 3 fully saturated rings. The number of carboxylic acid groups (broad SMARTS) is 1. The molecule has 3 unspecified atom stereocenters. The highest BCUT2D eigenvalue weighted by atomic mass is 32.3. The van der Waals surface area contributed by atoms with Crippen molar-refractivity contribution in [2.45, 2.75) is 56.5 Å². The largest absolute Gasteiger partial charge is 0.489 e. The van der Waals surface area contributed by atoms with Gasteiger partial charge >= 0.3 is 16.4 Å². The molecule has 4 heterocycles. The summed E-state index contributed by atoms with van der Waals surface area (Å²) in [6, 6.07) is 9.62. The second-order valence-electron chi connectivity index (χ2n) is 13.7. The molecule has 2 amide bonds. The molecule has 4 aliphatic rings. The first-order valence-electron chi connectivity index (χ1n) is 16.8. The Kier molecular flexibility index (Phi) is 11.1. The van der Waals surface area contributed by atoms with Crippen LogP contribution in [0.15, 0.2) is 46.5 Å². The van der Waals surface area contributed by atoms with E-state index in [0.29, 0.717) is 16.9 Å². The molecule has 282 valence electrons. The summed E-state index contributed by atoms with van der Waals surface area (Å²) in [5, 5.41) is 25.6. The summed E-state index contributed by atoms with van der Waals surface area (Å²) in [6.45, 7) is 7.88. The van der Waals surface area contributed by atoms with E-state index in [4.69, 9.17) is 19.9 Å². The number of benzene rings is 2. The van der Waals surface area contributed by atoms with Crippen LogP contribution >= 0.6 is 11.8 Å². The first-order chi connectivity index (χ1) is 24.7. The van der Waals surface area contributed by atoms with Gasteiger partial charge in [0, 0.05) is 50.2 Å². The van der Waals surface area contributed by atoms with Crippen LogP contribution in [0.1, 0.15) is 26.7 Å². The number of piperidine rings is 1. The van der Waals surface area contributed by atoms with Crippen LogP contribution in [-0.4, -0.2) is 132 Å². The van der Waals surface area contributed by atoms with Crippen LogP contribution in [0.25, 0.3) is 10.8 Å². The predicted octanol–water partition coefficient (Wildman–Crippen LogP) is 0.410. The maximum Gasteiger partial charge on any atom is 0.418 e. The van der Waals surface area contributed by atoms with Gasteiger partial charge in [-0.3, -0.25) is 19.1 Å². The molecule has 7 N–H and O–H groups in total. The summed E-state index contributed by atoms with van der Waals surface area (Å²) in [6.07, 6.45) is 0.528. The van der Waals surface area contributed by atoms with Gasteiger partial charge in [0.15, 0.2) is 10.9 Å². The molecule has 2 aromatic rings. The minimum Gasteiger partial charge on any atom is -0.489 e. The first kappa shape index (κ1) is 37.5. The number of hydrogen-bond acceptors (Lipinski definition) is 15. The van der Waals surface area contributed by atoms with Gasteiger partial charge in [0.1, 0.15) is 24.4 Å². The SMILES string of the molecule is CC1(C)C(NC(=O)/C(=N\OC(COc2ccc3cc(NC4CCN(CC5CNC5)CC4)ccc3c2)C(=O)O)C2CSC(N)=N2)C(=O)N1OS(=O)(=O)O. The van der Waals surface area contributed by atoms with Crippen molar-refractivity contribution in [3.63, 3.8) is 0 Å². The number of nitrogens with zero attached hydrogens (tertiary/aromatic N) is 4. The number of amidine groups is 1. The lowest BCUT2D eigenvalue weighted by molar-refractivity contribution is -0.218. The number of thioether (sulfide) groups is 1. The Hall–Kier alpha value is -4.21. The third-order valence-electron chi connectivity index (χ3n) is 9.45. The number of fused-ring (bicyclic) bond motifs is 1. The van der Waals surface area contributed by atoms with Gasteiger partial charge in [-0.05, 0) is 67.6 Å². The van der Waals surface area contributed by atoms with Crippen molar-refractivity contribution in [1.29, 1.82) is 0 Å². The number of nitrogens with two attached hydrogens (primary N) is 1. The topological polar surface area (TPSA) is 247 Å². The maximum atomic E-state index is 13.3. The van der Waals surface area contributed by atoms with Crippen LogP contribution in [0.5, 0.6) is 5.75 Å². The number of aliphatic carboxylic acids is 1. The van der Waals surface area contributed by atoms with E-state index < -0.39 is 58.5 Å². The summed E-state index contributed by atoms with van der Waals surface area (Å²) in [5.41, 5.74) is 5.04. The molecule has 2 aromatic carbocycles. The third-order valence-corrected chi connectivity index (χ3v) is 10.7. The number of ether oxygens (including phenoxy) is 1. The van der Waals surface area contributed by atoms with Crippen molar-refractivity contribution in [3.8, 4) is 5.75 Å². The van der Waals surface area contributed by atoms with Crippen molar-refractivity contribution in [1.82, 2.24) is 20.6 Å². The van der Waals surface area contributed by atoms with Crippen molar-refractivity contribution >= 4 is 67.3 Å². The van der Waals surface area contributed by atoms with Gasteiger partial charge in [0.05, 0.1) is 5.54 Å². The van der Waals surface area contributed by atoms with Crippen LogP contribution in [-0.2, 0) is 33.9 Å². The lowest BCUT2D eigenvalue weighted by Crippen LogP contribution is -2.77. The molecule has 6 rings (SSSR count). The Morgan fingerprint density at radius 2 is 1.88 bits per heavy atom. The fourth-order valence-electron chi connectivity index (χ4n) is 6.39. The molecule has 0 aliphatic carbocycles. The molecule has 0 spiro atoms. The highest BCUT2D eigenvalue weighted by Crippen LogP contribution is 2.33.